The number of benzene rings is 1. The van der Waals surface area contributed by atoms with Crippen LogP contribution in [-0.2, 0) is 6.42 Å². The number of allylic oxidation sites excluding steroid dienone is 1. The quantitative estimate of drug-likeness (QED) is 0.667. The van der Waals surface area contributed by atoms with Crippen LogP contribution in [0.1, 0.15) is 5.56 Å². The van der Waals surface area contributed by atoms with Gasteiger partial charge in [-0.2, -0.15) is 5.10 Å². The van der Waals surface area contributed by atoms with Crippen molar-refractivity contribution in [2.75, 3.05) is 0 Å². The van der Waals surface area contributed by atoms with Crippen molar-refractivity contribution in [2.45, 2.75) is 6.42 Å². The highest BCUT2D eigenvalue weighted by Crippen LogP contribution is 2.15. The highest BCUT2D eigenvalue weighted by atomic mass is 15.1. The first-order valence-corrected chi connectivity index (χ1v) is 3.93. The Labute approximate surface area is 70.9 Å². The van der Waals surface area contributed by atoms with Crippen molar-refractivity contribution < 1.29 is 0 Å². The van der Waals surface area contributed by atoms with Crippen LogP contribution in [0.4, 0.5) is 0 Å². The van der Waals surface area contributed by atoms with E-state index in [2.05, 4.69) is 22.8 Å². The maximum Gasteiger partial charge on any atom is 0.0685 e. The number of nitrogens with zero attached hydrogens (tertiary/aromatic N) is 1. The highest BCUT2D eigenvalue weighted by Gasteiger charge is 1.99. The first-order valence-electron chi connectivity index (χ1n) is 3.93. The molecule has 60 valence electrons. The number of fused-ring (bicyclic) bond motifs is 1. The normalized spacial score (nSPS) is 10.3. The first kappa shape index (κ1) is 7.10. The fourth-order valence-electron chi connectivity index (χ4n) is 1.36. The van der Waals surface area contributed by atoms with E-state index in [0.717, 1.165) is 17.3 Å². The van der Waals surface area contributed by atoms with Crippen molar-refractivity contribution in [3.05, 3.63) is 42.6 Å². The molecule has 0 aliphatic heterocycles. The number of aromatic nitrogens is 2. The molecule has 0 bridgehead atoms. The second kappa shape index (κ2) is 2.81. The Hall–Kier alpha value is -1.57. The van der Waals surface area contributed by atoms with Crippen molar-refractivity contribution in [3.63, 3.8) is 0 Å². The summed E-state index contributed by atoms with van der Waals surface area (Å²) in [6, 6.07) is 6.17. The summed E-state index contributed by atoms with van der Waals surface area (Å²) >= 11 is 0. The minimum atomic E-state index is 0.888. The number of hydrogen-bond donors (Lipinski definition) is 1. The van der Waals surface area contributed by atoms with E-state index >= 15 is 0 Å². The zero-order valence-electron chi connectivity index (χ0n) is 6.75. The van der Waals surface area contributed by atoms with Crippen molar-refractivity contribution in [3.8, 4) is 0 Å². The van der Waals surface area contributed by atoms with E-state index in [1.807, 2.05) is 24.4 Å². The molecule has 0 fully saturated rings. The lowest BCUT2D eigenvalue weighted by atomic mass is 10.1. The molecule has 1 N–H and O–H groups in total. The minimum absolute atomic E-state index is 0.888. The van der Waals surface area contributed by atoms with Gasteiger partial charge in [-0.15, -0.1) is 6.58 Å². The van der Waals surface area contributed by atoms with Crippen LogP contribution in [0.3, 0.4) is 0 Å². The summed E-state index contributed by atoms with van der Waals surface area (Å²) in [6.45, 7) is 3.71. The number of hydrogen-bond acceptors (Lipinski definition) is 1. The molecule has 1 heterocycles. The average molecular weight is 158 g/mol. The number of H-pyrrole nitrogens is 1. The molecule has 0 spiro atoms. The summed E-state index contributed by atoms with van der Waals surface area (Å²) < 4.78 is 0. The summed E-state index contributed by atoms with van der Waals surface area (Å²) in [5.41, 5.74) is 2.37. The van der Waals surface area contributed by atoms with Crippen LogP contribution in [0.15, 0.2) is 37.1 Å². The molecule has 0 atom stereocenters. The van der Waals surface area contributed by atoms with Crippen LogP contribution >= 0.6 is 0 Å². The SMILES string of the molecule is C=CCc1cccc2cn[nH]c12. The number of rotatable bonds is 2. The predicted molar refractivity (Wildman–Crippen MR) is 50.0 cm³/mol. The Kier molecular flexibility index (Phi) is 1.67. The molecule has 0 saturated heterocycles. The topological polar surface area (TPSA) is 28.7 Å². The summed E-state index contributed by atoms with van der Waals surface area (Å²) in [5.74, 6) is 0. The molecule has 0 aliphatic rings. The third kappa shape index (κ3) is 1.01. The van der Waals surface area contributed by atoms with E-state index in [1.165, 1.54) is 5.56 Å². The summed E-state index contributed by atoms with van der Waals surface area (Å²) in [4.78, 5) is 0. The van der Waals surface area contributed by atoms with Gasteiger partial charge in [-0.1, -0.05) is 24.3 Å². The second-order valence-electron chi connectivity index (χ2n) is 2.74. The van der Waals surface area contributed by atoms with Gasteiger partial charge in [0, 0.05) is 5.39 Å². The molecule has 0 radical (unpaired) electrons. The van der Waals surface area contributed by atoms with E-state index in [4.69, 9.17) is 0 Å². The zero-order chi connectivity index (χ0) is 8.39. The van der Waals surface area contributed by atoms with Crippen LogP contribution in [0, 0.1) is 0 Å². The Bertz CT molecular complexity index is 401. The third-order valence-electron chi connectivity index (χ3n) is 1.93. The second-order valence-corrected chi connectivity index (χ2v) is 2.74. The molecular weight excluding hydrogens is 148 g/mol. The molecule has 0 amide bonds. The van der Waals surface area contributed by atoms with Gasteiger partial charge in [0.25, 0.3) is 0 Å². The molecule has 12 heavy (non-hydrogen) atoms. The van der Waals surface area contributed by atoms with Gasteiger partial charge in [0.1, 0.15) is 0 Å². The Morgan fingerprint density at radius 1 is 1.50 bits per heavy atom. The monoisotopic (exact) mass is 158 g/mol. The van der Waals surface area contributed by atoms with Gasteiger partial charge in [-0.3, -0.25) is 5.10 Å². The van der Waals surface area contributed by atoms with Gasteiger partial charge in [0.05, 0.1) is 11.7 Å². The fourth-order valence-corrected chi connectivity index (χ4v) is 1.36. The Morgan fingerprint density at radius 3 is 3.25 bits per heavy atom. The molecular formula is C10H10N2. The summed E-state index contributed by atoms with van der Waals surface area (Å²) in [6.07, 6.45) is 4.62. The summed E-state index contributed by atoms with van der Waals surface area (Å²) in [7, 11) is 0. The summed E-state index contributed by atoms with van der Waals surface area (Å²) in [5, 5.41) is 8.12. The van der Waals surface area contributed by atoms with Crippen LogP contribution < -0.4 is 0 Å². The maximum absolute atomic E-state index is 3.98. The molecule has 1 aromatic carbocycles. The molecule has 0 saturated carbocycles. The standard InChI is InChI=1S/C10H10N2/c1-2-4-8-5-3-6-9-7-11-12-10(8)9/h2-3,5-7H,1,4H2,(H,11,12). The minimum Gasteiger partial charge on any atom is -0.278 e. The maximum atomic E-state index is 3.98. The van der Waals surface area contributed by atoms with Crippen molar-refractivity contribution in [1.29, 1.82) is 0 Å². The lowest BCUT2D eigenvalue weighted by molar-refractivity contribution is 1.11. The van der Waals surface area contributed by atoms with Crippen molar-refractivity contribution in [2.24, 2.45) is 0 Å². The van der Waals surface area contributed by atoms with Crippen molar-refractivity contribution in [1.82, 2.24) is 10.2 Å². The third-order valence-corrected chi connectivity index (χ3v) is 1.93. The van der Waals surface area contributed by atoms with Crippen LogP contribution in [0.2, 0.25) is 0 Å². The highest BCUT2D eigenvalue weighted by molar-refractivity contribution is 5.81. The van der Waals surface area contributed by atoms with E-state index in [1.54, 1.807) is 0 Å². The van der Waals surface area contributed by atoms with Crippen LogP contribution in [0.5, 0.6) is 0 Å². The molecule has 2 heteroatoms. The number of nitrogens with one attached hydrogen (secondary N) is 1. The molecule has 2 rings (SSSR count). The molecule has 0 unspecified atom stereocenters. The van der Waals surface area contributed by atoms with Gasteiger partial charge in [0.15, 0.2) is 0 Å². The van der Waals surface area contributed by atoms with Crippen molar-refractivity contribution >= 4 is 10.9 Å². The lowest BCUT2D eigenvalue weighted by Crippen LogP contribution is -1.82. The van der Waals surface area contributed by atoms with E-state index < -0.39 is 0 Å². The molecule has 2 aromatic rings. The van der Waals surface area contributed by atoms with Gasteiger partial charge in [-0.05, 0) is 12.0 Å². The van der Waals surface area contributed by atoms with E-state index in [9.17, 15) is 0 Å². The molecule has 1 aromatic heterocycles. The average Bonchev–Trinajstić information content (AvgIpc) is 2.53. The van der Waals surface area contributed by atoms with Gasteiger partial charge in [0.2, 0.25) is 0 Å². The number of aromatic amines is 1. The first-order chi connectivity index (χ1) is 5.92. The van der Waals surface area contributed by atoms with E-state index in [0.29, 0.717) is 0 Å². The van der Waals surface area contributed by atoms with Crippen LogP contribution in [0.25, 0.3) is 10.9 Å². The smallest absolute Gasteiger partial charge is 0.0685 e. The largest absolute Gasteiger partial charge is 0.278 e. The Morgan fingerprint density at radius 2 is 2.42 bits per heavy atom. The van der Waals surface area contributed by atoms with E-state index in [-0.39, 0.29) is 0 Å². The van der Waals surface area contributed by atoms with Gasteiger partial charge < -0.3 is 0 Å². The predicted octanol–water partition coefficient (Wildman–Crippen LogP) is 2.29. The Balaban J connectivity index is 2.65. The number of para-hydroxylation sites is 1. The molecule has 2 nitrogen and oxygen atoms in total. The zero-order valence-corrected chi connectivity index (χ0v) is 6.75. The van der Waals surface area contributed by atoms with Gasteiger partial charge >= 0.3 is 0 Å². The lowest BCUT2D eigenvalue weighted by Gasteiger charge is -1.96. The fraction of sp³-hybridized carbons (Fsp3) is 0.100. The molecule has 0 aliphatic carbocycles. The van der Waals surface area contributed by atoms with Crippen LogP contribution in [-0.4, -0.2) is 10.2 Å². The van der Waals surface area contributed by atoms with Gasteiger partial charge in [-0.25, -0.2) is 0 Å².